The molecule has 0 spiro atoms. The van der Waals surface area contributed by atoms with Gasteiger partial charge in [0.25, 0.3) is 0 Å². The van der Waals surface area contributed by atoms with Crippen LogP contribution in [0.3, 0.4) is 0 Å². The van der Waals surface area contributed by atoms with Crippen LogP contribution in [0.1, 0.15) is 303 Å². The van der Waals surface area contributed by atoms with E-state index in [1.807, 2.05) is 6.08 Å². The van der Waals surface area contributed by atoms with Gasteiger partial charge in [0, 0.05) is 12.8 Å². The Bertz CT molecular complexity index is 1130. The summed E-state index contributed by atoms with van der Waals surface area (Å²) in [6.07, 6.45) is 71.3. The third kappa shape index (κ3) is 53.0. The summed E-state index contributed by atoms with van der Waals surface area (Å²) < 4.78 is 5.45. The second-order valence-corrected chi connectivity index (χ2v) is 20.0. The monoisotopic (exact) mass is 940 g/mol. The SMILES string of the molecule is CCC/C=C\C/C=C\CCCCCCCC(=O)OCCCCCCCC/C=C\CCCCCCCCCC(=O)NC(CO)C(O)/C=C/CCCCCCCCCCCCCCCCCCCC. The Balaban J connectivity index is 3.51. The number of rotatable bonds is 54. The van der Waals surface area contributed by atoms with Gasteiger partial charge in [-0.1, -0.05) is 255 Å². The molecule has 0 saturated carbocycles. The van der Waals surface area contributed by atoms with Gasteiger partial charge >= 0.3 is 5.97 Å². The van der Waals surface area contributed by atoms with Gasteiger partial charge in [-0.3, -0.25) is 9.59 Å². The van der Waals surface area contributed by atoms with Crippen LogP contribution in [0, 0.1) is 0 Å². The van der Waals surface area contributed by atoms with E-state index in [1.54, 1.807) is 6.08 Å². The molecule has 0 fully saturated rings. The maximum absolute atomic E-state index is 12.5. The quantitative estimate of drug-likeness (QED) is 0.0321. The Labute approximate surface area is 416 Å². The van der Waals surface area contributed by atoms with Crippen molar-refractivity contribution in [3.05, 3.63) is 48.6 Å². The summed E-state index contributed by atoms with van der Waals surface area (Å²) in [7, 11) is 0. The Morgan fingerprint density at radius 2 is 0.776 bits per heavy atom. The van der Waals surface area contributed by atoms with Crippen LogP contribution in [0.25, 0.3) is 0 Å². The van der Waals surface area contributed by atoms with Gasteiger partial charge in [-0.2, -0.15) is 0 Å². The second-order valence-electron chi connectivity index (χ2n) is 20.0. The number of hydrogen-bond donors (Lipinski definition) is 3. The number of aliphatic hydroxyl groups excluding tert-OH is 2. The van der Waals surface area contributed by atoms with E-state index in [-0.39, 0.29) is 18.5 Å². The van der Waals surface area contributed by atoms with Crippen LogP contribution in [0.5, 0.6) is 0 Å². The maximum Gasteiger partial charge on any atom is 0.305 e. The van der Waals surface area contributed by atoms with Crippen LogP contribution in [-0.4, -0.2) is 47.4 Å². The van der Waals surface area contributed by atoms with Gasteiger partial charge in [0.1, 0.15) is 0 Å². The molecule has 0 heterocycles. The van der Waals surface area contributed by atoms with Gasteiger partial charge < -0.3 is 20.3 Å². The highest BCUT2D eigenvalue weighted by Crippen LogP contribution is 2.16. The van der Waals surface area contributed by atoms with Crippen molar-refractivity contribution < 1.29 is 24.5 Å². The predicted octanol–water partition coefficient (Wildman–Crippen LogP) is 18.2. The first-order chi connectivity index (χ1) is 33.0. The molecule has 6 heteroatoms. The van der Waals surface area contributed by atoms with E-state index in [2.05, 4.69) is 55.6 Å². The molecule has 0 bridgehead atoms. The van der Waals surface area contributed by atoms with E-state index in [0.717, 1.165) is 70.6 Å². The van der Waals surface area contributed by atoms with Crippen LogP contribution in [-0.2, 0) is 14.3 Å². The van der Waals surface area contributed by atoms with Crippen molar-refractivity contribution in [2.75, 3.05) is 13.2 Å². The van der Waals surface area contributed by atoms with Crippen molar-refractivity contribution in [3.63, 3.8) is 0 Å². The first kappa shape index (κ1) is 64.8. The fourth-order valence-electron chi connectivity index (χ4n) is 8.78. The van der Waals surface area contributed by atoms with Gasteiger partial charge in [0.2, 0.25) is 5.91 Å². The van der Waals surface area contributed by atoms with Crippen molar-refractivity contribution >= 4 is 11.9 Å². The van der Waals surface area contributed by atoms with Crippen molar-refractivity contribution in [1.29, 1.82) is 0 Å². The number of nitrogens with one attached hydrogen (secondary N) is 1. The number of esters is 1. The highest BCUT2D eigenvalue weighted by atomic mass is 16.5. The number of aliphatic hydroxyl groups is 2. The zero-order valence-electron chi connectivity index (χ0n) is 44.6. The van der Waals surface area contributed by atoms with Gasteiger partial charge in [0.05, 0.1) is 25.4 Å². The van der Waals surface area contributed by atoms with E-state index in [4.69, 9.17) is 4.74 Å². The van der Waals surface area contributed by atoms with Crippen LogP contribution in [0.2, 0.25) is 0 Å². The lowest BCUT2D eigenvalue weighted by Crippen LogP contribution is -2.45. The second kappa shape index (κ2) is 56.4. The zero-order valence-corrected chi connectivity index (χ0v) is 44.6. The van der Waals surface area contributed by atoms with E-state index in [1.165, 1.54) is 205 Å². The maximum atomic E-state index is 12.5. The summed E-state index contributed by atoms with van der Waals surface area (Å²) in [5.74, 6) is -0.0977. The lowest BCUT2D eigenvalue weighted by atomic mass is 10.0. The number of carbonyl (C=O) groups is 2. The number of carbonyl (C=O) groups excluding carboxylic acids is 2. The standard InChI is InChI=1S/C61H113NO5/c1-3-5-7-9-11-13-15-17-18-19-20-21-23-26-30-33-37-41-45-49-53-59(64)58(57-63)62-60(65)54-50-46-42-38-34-31-27-24-22-25-28-32-36-40-44-48-52-56-67-61(66)55-51-47-43-39-35-29-16-14-12-10-8-6-4-2/h8,10,14,16,22,25,49,53,58-59,63-64H,3-7,9,11-13,15,17-21,23-24,26-48,50-52,54-57H2,1-2H3,(H,62,65)/b10-8-,16-14-,25-22-,53-49+. The summed E-state index contributed by atoms with van der Waals surface area (Å²) in [6, 6.07) is -0.639. The molecule has 0 aliphatic rings. The van der Waals surface area contributed by atoms with Crippen LogP contribution in [0.15, 0.2) is 48.6 Å². The summed E-state index contributed by atoms with van der Waals surface area (Å²) >= 11 is 0. The highest BCUT2D eigenvalue weighted by Gasteiger charge is 2.18. The number of ether oxygens (including phenoxy) is 1. The molecule has 0 aromatic rings. The number of allylic oxidation sites excluding steroid dienone is 7. The number of hydrogen-bond acceptors (Lipinski definition) is 5. The smallest absolute Gasteiger partial charge is 0.305 e. The number of amides is 1. The molecule has 0 aliphatic carbocycles. The van der Waals surface area contributed by atoms with Gasteiger partial charge in [-0.15, -0.1) is 0 Å². The Kier molecular flexibility index (Phi) is 54.6. The molecule has 2 atom stereocenters. The topological polar surface area (TPSA) is 95.9 Å². The van der Waals surface area contributed by atoms with Crippen LogP contribution >= 0.6 is 0 Å². The first-order valence-corrected chi connectivity index (χ1v) is 29.4. The fraction of sp³-hybridized carbons (Fsp3) is 0.836. The largest absolute Gasteiger partial charge is 0.466 e. The van der Waals surface area contributed by atoms with E-state index >= 15 is 0 Å². The molecule has 6 nitrogen and oxygen atoms in total. The Hall–Kier alpha value is -2.18. The summed E-state index contributed by atoms with van der Waals surface area (Å²) in [4.78, 5) is 24.5. The van der Waals surface area contributed by atoms with Crippen LogP contribution in [0.4, 0.5) is 0 Å². The molecule has 0 aromatic heterocycles. The average molecular weight is 941 g/mol. The summed E-state index contributed by atoms with van der Waals surface area (Å²) in [5.41, 5.74) is 0. The molecular formula is C61H113NO5. The Morgan fingerprint density at radius 3 is 1.21 bits per heavy atom. The molecule has 0 rings (SSSR count). The summed E-state index contributed by atoms with van der Waals surface area (Å²) in [5, 5.41) is 23.2. The zero-order chi connectivity index (χ0) is 48.6. The number of unbranched alkanes of at least 4 members (excludes halogenated alkanes) is 37. The van der Waals surface area contributed by atoms with E-state index < -0.39 is 12.1 Å². The minimum atomic E-state index is -0.854. The molecule has 2 unspecified atom stereocenters. The normalized spacial score (nSPS) is 13.0. The third-order valence-corrected chi connectivity index (χ3v) is 13.3. The van der Waals surface area contributed by atoms with Gasteiger partial charge in [-0.05, 0) is 83.5 Å². The van der Waals surface area contributed by atoms with Gasteiger partial charge in [0.15, 0.2) is 0 Å². The van der Waals surface area contributed by atoms with E-state index in [9.17, 15) is 19.8 Å². The molecule has 392 valence electrons. The molecule has 0 radical (unpaired) electrons. The third-order valence-electron chi connectivity index (χ3n) is 13.3. The molecule has 67 heavy (non-hydrogen) atoms. The predicted molar refractivity (Wildman–Crippen MR) is 292 cm³/mol. The molecule has 0 aliphatic heterocycles. The van der Waals surface area contributed by atoms with Crippen LogP contribution < -0.4 is 5.32 Å². The van der Waals surface area contributed by atoms with Gasteiger partial charge in [-0.25, -0.2) is 0 Å². The molecule has 1 amide bonds. The summed E-state index contributed by atoms with van der Waals surface area (Å²) in [6.45, 7) is 4.82. The first-order valence-electron chi connectivity index (χ1n) is 29.4. The van der Waals surface area contributed by atoms with Crippen molar-refractivity contribution in [2.45, 2.75) is 315 Å². The molecule has 0 saturated heterocycles. The molecular weight excluding hydrogens is 827 g/mol. The highest BCUT2D eigenvalue weighted by molar-refractivity contribution is 5.76. The minimum absolute atomic E-state index is 0.0184. The lowest BCUT2D eigenvalue weighted by molar-refractivity contribution is -0.143. The fourth-order valence-corrected chi connectivity index (χ4v) is 8.78. The molecule has 0 aromatic carbocycles. The lowest BCUT2D eigenvalue weighted by Gasteiger charge is -2.20. The van der Waals surface area contributed by atoms with E-state index in [0.29, 0.717) is 19.4 Å². The van der Waals surface area contributed by atoms with Crippen molar-refractivity contribution in [3.8, 4) is 0 Å². The minimum Gasteiger partial charge on any atom is -0.466 e. The average Bonchev–Trinajstić information content (AvgIpc) is 3.33. The van der Waals surface area contributed by atoms with Crippen molar-refractivity contribution in [2.24, 2.45) is 0 Å². The van der Waals surface area contributed by atoms with Crippen molar-refractivity contribution in [1.82, 2.24) is 5.32 Å². The molecule has 3 N–H and O–H groups in total. The Morgan fingerprint density at radius 1 is 0.418 bits per heavy atom.